The summed E-state index contributed by atoms with van der Waals surface area (Å²) in [6.45, 7) is 2.09. The maximum absolute atomic E-state index is 10.3. The van der Waals surface area contributed by atoms with E-state index in [0.717, 1.165) is 34.9 Å². The standard InChI is InChI=1S/C12H15BrO2/c1-3-10-11(13)7-9(5-4-6-14)8-12(10)15-2/h6-8H,3-5H2,1-2H3. The third-order valence-electron chi connectivity index (χ3n) is 2.34. The van der Waals surface area contributed by atoms with Crippen LogP contribution in [-0.4, -0.2) is 13.4 Å². The monoisotopic (exact) mass is 270 g/mol. The van der Waals surface area contributed by atoms with E-state index >= 15 is 0 Å². The highest BCUT2D eigenvalue weighted by molar-refractivity contribution is 9.10. The van der Waals surface area contributed by atoms with Gasteiger partial charge >= 0.3 is 0 Å². The van der Waals surface area contributed by atoms with Gasteiger partial charge in [-0.2, -0.15) is 0 Å². The molecule has 0 aliphatic rings. The summed E-state index contributed by atoms with van der Waals surface area (Å²) in [5.74, 6) is 0.896. The van der Waals surface area contributed by atoms with Crippen molar-refractivity contribution in [3.63, 3.8) is 0 Å². The van der Waals surface area contributed by atoms with Gasteiger partial charge in [0.25, 0.3) is 0 Å². The lowest BCUT2D eigenvalue weighted by atomic mass is 10.1. The minimum atomic E-state index is 0.557. The van der Waals surface area contributed by atoms with Gasteiger partial charge in [-0.15, -0.1) is 0 Å². The van der Waals surface area contributed by atoms with Crippen molar-refractivity contribution in [3.05, 3.63) is 27.7 Å². The molecule has 0 amide bonds. The molecule has 0 unspecified atom stereocenters. The molecule has 82 valence electrons. The Kier molecular flexibility index (Phi) is 4.82. The van der Waals surface area contributed by atoms with Crippen LogP contribution in [0.2, 0.25) is 0 Å². The molecule has 0 spiro atoms. The van der Waals surface area contributed by atoms with Crippen molar-refractivity contribution in [2.24, 2.45) is 0 Å². The second-order valence-corrected chi connectivity index (χ2v) is 4.17. The first-order chi connectivity index (χ1) is 7.22. The van der Waals surface area contributed by atoms with Crippen LogP contribution in [0, 0.1) is 0 Å². The summed E-state index contributed by atoms with van der Waals surface area (Å²) in [6.07, 6.45) is 3.19. The Hall–Kier alpha value is -0.830. The summed E-state index contributed by atoms with van der Waals surface area (Å²) in [6, 6.07) is 4.07. The van der Waals surface area contributed by atoms with Crippen molar-refractivity contribution in [1.29, 1.82) is 0 Å². The largest absolute Gasteiger partial charge is 0.496 e. The molecule has 1 rings (SSSR count). The lowest BCUT2D eigenvalue weighted by molar-refractivity contribution is -0.107. The number of methoxy groups -OCH3 is 1. The van der Waals surface area contributed by atoms with Crippen LogP contribution in [0.4, 0.5) is 0 Å². The number of aryl methyl sites for hydroxylation is 1. The second kappa shape index (κ2) is 5.91. The van der Waals surface area contributed by atoms with Gasteiger partial charge in [0.05, 0.1) is 7.11 Å². The number of benzene rings is 1. The summed E-state index contributed by atoms with van der Waals surface area (Å²) in [5, 5.41) is 0. The van der Waals surface area contributed by atoms with Gasteiger partial charge in [-0.25, -0.2) is 0 Å². The van der Waals surface area contributed by atoms with Gasteiger partial charge in [0.15, 0.2) is 0 Å². The van der Waals surface area contributed by atoms with Crippen LogP contribution in [0.5, 0.6) is 5.75 Å². The molecule has 0 fully saturated rings. The van der Waals surface area contributed by atoms with E-state index in [4.69, 9.17) is 4.74 Å². The topological polar surface area (TPSA) is 26.3 Å². The summed E-state index contributed by atoms with van der Waals surface area (Å²) in [5.41, 5.74) is 2.30. The van der Waals surface area contributed by atoms with E-state index in [1.165, 1.54) is 5.56 Å². The summed E-state index contributed by atoms with van der Waals surface area (Å²) < 4.78 is 6.38. The highest BCUT2D eigenvalue weighted by Crippen LogP contribution is 2.29. The van der Waals surface area contributed by atoms with Gasteiger partial charge in [-0.05, 0) is 30.5 Å². The predicted octanol–water partition coefficient (Wildman–Crippen LogP) is 3.15. The van der Waals surface area contributed by atoms with Crippen molar-refractivity contribution >= 4 is 22.2 Å². The number of carbonyl (C=O) groups excluding carboxylic acids is 1. The zero-order valence-corrected chi connectivity index (χ0v) is 10.6. The van der Waals surface area contributed by atoms with Gasteiger partial charge < -0.3 is 9.53 Å². The average molecular weight is 271 g/mol. The molecule has 0 atom stereocenters. The van der Waals surface area contributed by atoms with Crippen molar-refractivity contribution < 1.29 is 9.53 Å². The Morgan fingerprint density at radius 1 is 1.47 bits per heavy atom. The highest BCUT2D eigenvalue weighted by Gasteiger charge is 2.07. The fourth-order valence-electron chi connectivity index (χ4n) is 1.56. The molecular formula is C12H15BrO2. The van der Waals surface area contributed by atoms with E-state index in [1.807, 2.05) is 6.07 Å². The first-order valence-electron chi connectivity index (χ1n) is 5.01. The number of ether oxygens (including phenoxy) is 1. The molecule has 0 heterocycles. The van der Waals surface area contributed by atoms with Gasteiger partial charge in [0.2, 0.25) is 0 Å². The summed E-state index contributed by atoms with van der Waals surface area (Å²) >= 11 is 3.52. The molecule has 1 aromatic carbocycles. The molecule has 15 heavy (non-hydrogen) atoms. The predicted molar refractivity (Wildman–Crippen MR) is 64.5 cm³/mol. The Labute approximate surface area is 98.8 Å². The Morgan fingerprint density at radius 2 is 2.20 bits per heavy atom. The van der Waals surface area contributed by atoms with Crippen molar-refractivity contribution in [1.82, 2.24) is 0 Å². The normalized spacial score (nSPS) is 10.1. The molecule has 0 aliphatic carbocycles. The fraction of sp³-hybridized carbons (Fsp3) is 0.417. The lowest BCUT2D eigenvalue weighted by Crippen LogP contribution is -1.95. The first-order valence-corrected chi connectivity index (χ1v) is 5.81. The molecule has 0 aliphatic heterocycles. The fourth-order valence-corrected chi connectivity index (χ4v) is 2.33. The zero-order chi connectivity index (χ0) is 11.3. The van der Waals surface area contributed by atoms with Crippen LogP contribution in [0.25, 0.3) is 0 Å². The summed E-state index contributed by atoms with van der Waals surface area (Å²) in [7, 11) is 1.67. The van der Waals surface area contributed by atoms with E-state index < -0.39 is 0 Å². The number of carbonyl (C=O) groups is 1. The first kappa shape index (κ1) is 12.2. The molecule has 0 N–H and O–H groups in total. The average Bonchev–Trinajstić information content (AvgIpc) is 2.25. The SMILES string of the molecule is CCc1c(Br)cc(CCC=O)cc1OC. The van der Waals surface area contributed by atoms with Crippen LogP contribution in [0.15, 0.2) is 16.6 Å². The highest BCUT2D eigenvalue weighted by atomic mass is 79.9. The van der Waals surface area contributed by atoms with Crippen LogP contribution < -0.4 is 4.74 Å². The van der Waals surface area contributed by atoms with Crippen LogP contribution in [0.1, 0.15) is 24.5 Å². The molecule has 0 saturated carbocycles. The van der Waals surface area contributed by atoms with E-state index in [1.54, 1.807) is 7.11 Å². The molecule has 3 heteroatoms. The maximum atomic E-state index is 10.3. The van der Waals surface area contributed by atoms with Crippen LogP contribution >= 0.6 is 15.9 Å². The van der Waals surface area contributed by atoms with Crippen molar-refractivity contribution in [2.45, 2.75) is 26.2 Å². The molecule has 1 aromatic rings. The number of halogens is 1. The lowest BCUT2D eigenvalue weighted by Gasteiger charge is -2.11. The second-order valence-electron chi connectivity index (χ2n) is 3.32. The number of hydrogen-bond acceptors (Lipinski definition) is 2. The van der Waals surface area contributed by atoms with Crippen LogP contribution in [0.3, 0.4) is 0 Å². The smallest absolute Gasteiger partial charge is 0.123 e. The van der Waals surface area contributed by atoms with E-state index in [9.17, 15) is 4.79 Å². The Balaban J connectivity index is 3.02. The van der Waals surface area contributed by atoms with Gasteiger partial charge in [-0.1, -0.05) is 22.9 Å². The van der Waals surface area contributed by atoms with E-state index in [0.29, 0.717) is 6.42 Å². The number of hydrogen-bond donors (Lipinski definition) is 0. The van der Waals surface area contributed by atoms with Crippen molar-refractivity contribution in [2.75, 3.05) is 7.11 Å². The quantitative estimate of drug-likeness (QED) is 0.769. The Bertz CT molecular complexity index is 348. The molecule has 0 aromatic heterocycles. The maximum Gasteiger partial charge on any atom is 0.123 e. The van der Waals surface area contributed by atoms with Crippen molar-refractivity contribution in [3.8, 4) is 5.75 Å². The molecule has 0 radical (unpaired) electrons. The third kappa shape index (κ3) is 3.06. The summed E-state index contributed by atoms with van der Waals surface area (Å²) in [4.78, 5) is 10.3. The molecule has 2 nitrogen and oxygen atoms in total. The zero-order valence-electron chi connectivity index (χ0n) is 9.05. The molecule has 0 saturated heterocycles. The minimum Gasteiger partial charge on any atom is -0.496 e. The number of aldehydes is 1. The van der Waals surface area contributed by atoms with E-state index in [2.05, 4.69) is 28.9 Å². The van der Waals surface area contributed by atoms with E-state index in [-0.39, 0.29) is 0 Å². The van der Waals surface area contributed by atoms with Gasteiger partial charge in [-0.3, -0.25) is 0 Å². The minimum absolute atomic E-state index is 0.557. The molecular weight excluding hydrogens is 256 g/mol. The molecule has 0 bridgehead atoms. The van der Waals surface area contributed by atoms with Gasteiger partial charge in [0.1, 0.15) is 12.0 Å². The van der Waals surface area contributed by atoms with Crippen LogP contribution in [-0.2, 0) is 17.6 Å². The Morgan fingerprint density at radius 3 is 2.73 bits per heavy atom. The number of rotatable bonds is 5. The van der Waals surface area contributed by atoms with Gasteiger partial charge in [0, 0.05) is 16.5 Å². The third-order valence-corrected chi connectivity index (χ3v) is 3.05.